The van der Waals surface area contributed by atoms with Crippen LogP contribution in [0.2, 0.25) is 0 Å². The SMILES string of the molecule is Cc1ccc(CNC(=O)Cc2cccc(C(=O)O)c2)c(OCC2CC2)c1. The molecule has 3 rings (SSSR count). The fourth-order valence-corrected chi connectivity index (χ4v) is 2.69. The molecular weight excluding hydrogens is 330 g/mol. The number of carbonyl (C=O) groups is 2. The highest BCUT2D eigenvalue weighted by atomic mass is 16.5. The third-order valence-electron chi connectivity index (χ3n) is 4.41. The maximum Gasteiger partial charge on any atom is 0.335 e. The third kappa shape index (κ3) is 5.09. The molecule has 2 N–H and O–H groups in total. The van der Waals surface area contributed by atoms with E-state index in [1.54, 1.807) is 12.1 Å². The summed E-state index contributed by atoms with van der Waals surface area (Å²) in [6.45, 7) is 3.13. The summed E-state index contributed by atoms with van der Waals surface area (Å²) in [5.41, 5.74) is 2.93. The molecule has 0 bridgehead atoms. The van der Waals surface area contributed by atoms with Crippen molar-refractivity contribution in [2.24, 2.45) is 5.92 Å². The van der Waals surface area contributed by atoms with E-state index < -0.39 is 5.97 Å². The van der Waals surface area contributed by atoms with E-state index in [0.29, 0.717) is 18.0 Å². The lowest BCUT2D eigenvalue weighted by atomic mass is 10.1. The van der Waals surface area contributed by atoms with Gasteiger partial charge in [0.15, 0.2) is 0 Å². The quantitative estimate of drug-likeness (QED) is 0.763. The van der Waals surface area contributed by atoms with E-state index in [9.17, 15) is 9.59 Å². The number of carbonyl (C=O) groups excluding carboxylic acids is 1. The van der Waals surface area contributed by atoms with Crippen LogP contribution in [-0.2, 0) is 17.8 Å². The Morgan fingerprint density at radius 3 is 2.73 bits per heavy atom. The summed E-state index contributed by atoms with van der Waals surface area (Å²) < 4.78 is 5.92. The van der Waals surface area contributed by atoms with E-state index in [0.717, 1.165) is 23.5 Å². The summed E-state index contributed by atoms with van der Waals surface area (Å²) in [6, 6.07) is 12.4. The molecule has 2 aromatic rings. The van der Waals surface area contributed by atoms with Gasteiger partial charge in [0.25, 0.3) is 0 Å². The molecule has 0 radical (unpaired) electrons. The summed E-state index contributed by atoms with van der Waals surface area (Å²) in [4.78, 5) is 23.2. The molecule has 0 aromatic heterocycles. The Hall–Kier alpha value is -2.82. The van der Waals surface area contributed by atoms with Gasteiger partial charge in [0.2, 0.25) is 5.91 Å². The molecular formula is C21H23NO4. The van der Waals surface area contributed by atoms with Crippen LogP contribution in [0.3, 0.4) is 0 Å². The second-order valence-electron chi connectivity index (χ2n) is 6.82. The summed E-state index contributed by atoms with van der Waals surface area (Å²) >= 11 is 0. The lowest BCUT2D eigenvalue weighted by Crippen LogP contribution is -2.25. The number of hydrogen-bond acceptors (Lipinski definition) is 3. The number of nitrogens with one attached hydrogen (secondary N) is 1. The van der Waals surface area contributed by atoms with Gasteiger partial charge in [-0.3, -0.25) is 4.79 Å². The minimum Gasteiger partial charge on any atom is -0.493 e. The first-order valence-electron chi connectivity index (χ1n) is 8.82. The number of carboxylic acids is 1. The standard InChI is InChI=1S/C21H23NO4/c1-14-5-8-18(19(9-14)26-13-15-6-7-15)12-22-20(23)11-16-3-2-4-17(10-16)21(24)25/h2-5,8-10,15H,6-7,11-13H2,1H3,(H,22,23)(H,24,25). The molecule has 136 valence electrons. The van der Waals surface area contributed by atoms with Gasteiger partial charge in [-0.25, -0.2) is 4.79 Å². The van der Waals surface area contributed by atoms with Crippen LogP contribution in [0.5, 0.6) is 5.75 Å². The van der Waals surface area contributed by atoms with Gasteiger partial charge in [0.1, 0.15) is 5.75 Å². The van der Waals surface area contributed by atoms with Crippen molar-refractivity contribution in [3.8, 4) is 5.75 Å². The molecule has 0 saturated heterocycles. The number of ether oxygens (including phenoxy) is 1. The Kier molecular flexibility index (Phi) is 5.56. The second-order valence-corrected chi connectivity index (χ2v) is 6.82. The Morgan fingerprint density at radius 2 is 2.00 bits per heavy atom. The van der Waals surface area contributed by atoms with Crippen LogP contribution in [0.15, 0.2) is 42.5 Å². The highest BCUT2D eigenvalue weighted by molar-refractivity contribution is 5.88. The van der Waals surface area contributed by atoms with Crippen molar-refractivity contribution in [1.29, 1.82) is 0 Å². The van der Waals surface area contributed by atoms with Crippen molar-refractivity contribution in [3.05, 3.63) is 64.7 Å². The normalized spacial score (nSPS) is 13.3. The van der Waals surface area contributed by atoms with Gasteiger partial charge in [0, 0.05) is 12.1 Å². The zero-order valence-corrected chi connectivity index (χ0v) is 14.8. The van der Waals surface area contributed by atoms with Crippen LogP contribution in [0.1, 0.15) is 39.9 Å². The van der Waals surface area contributed by atoms with Crippen LogP contribution in [0.25, 0.3) is 0 Å². The van der Waals surface area contributed by atoms with Crippen LogP contribution in [0.4, 0.5) is 0 Å². The lowest BCUT2D eigenvalue weighted by molar-refractivity contribution is -0.120. The summed E-state index contributed by atoms with van der Waals surface area (Å²) in [7, 11) is 0. The smallest absolute Gasteiger partial charge is 0.335 e. The van der Waals surface area contributed by atoms with E-state index >= 15 is 0 Å². The number of rotatable bonds is 8. The van der Waals surface area contributed by atoms with Crippen molar-refractivity contribution in [2.45, 2.75) is 32.7 Å². The van der Waals surface area contributed by atoms with Crippen LogP contribution >= 0.6 is 0 Å². The Morgan fingerprint density at radius 1 is 1.19 bits per heavy atom. The average Bonchev–Trinajstić information content (AvgIpc) is 3.43. The number of aromatic carboxylic acids is 1. The topological polar surface area (TPSA) is 75.6 Å². The maximum atomic E-state index is 12.2. The first kappa shape index (κ1) is 18.0. The molecule has 1 aliphatic rings. The van der Waals surface area contributed by atoms with Crippen LogP contribution in [-0.4, -0.2) is 23.6 Å². The van der Waals surface area contributed by atoms with Gasteiger partial charge in [-0.1, -0.05) is 24.3 Å². The third-order valence-corrected chi connectivity index (χ3v) is 4.41. The summed E-state index contributed by atoms with van der Waals surface area (Å²) in [5.74, 6) is 0.343. The molecule has 0 atom stereocenters. The Labute approximate surface area is 153 Å². The highest BCUT2D eigenvalue weighted by Gasteiger charge is 2.22. The van der Waals surface area contributed by atoms with Gasteiger partial charge in [-0.05, 0) is 55.0 Å². The summed E-state index contributed by atoms with van der Waals surface area (Å²) in [5, 5.41) is 11.9. The minimum atomic E-state index is -0.996. The fourth-order valence-electron chi connectivity index (χ4n) is 2.69. The van der Waals surface area contributed by atoms with Gasteiger partial charge in [0.05, 0.1) is 18.6 Å². The Bertz CT molecular complexity index is 811. The van der Waals surface area contributed by atoms with Crippen LogP contribution < -0.4 is 10.1 Å². The number of carboxylic acid groups (broad SMARTS) is 1. The zero-order valence-electron chi connectivity index (χ0n) is 14.8. The zero-order chi connectivity index (χ0) is 18.5. The molecule has 1 fully saturated rings. The minimum absolute atomic E-state index is 0.144. The maximum absolute atomic E-state index is 12.2. The molecule has 5 nitrogen and oxygen atoms in total. The average molecular weight is 353 g/mol. The largest absolute Gasteiger partial charge is 0.493 e. The molecule has 0 spiro atoms. The monoisotopic (exact) mass is 353 g/mol. The van der Waals surface area contributed by atoms with E-state index in [1.807, 2.05) is 25.1 Å². The highest BCUT2D eigenvalue weighted by Crippen LogP contribution is 2.30. The van der Waals surface area contributed by atoms with Crippen molar-refractivity contribution >= 4 is 11.9 Å². The molecule has 5 heteroatoms. The van der Waals surface area contributed by atoms with Crippen molar-refractivity contribution in [2.75, 3.05) is 6.61 Å². The van der Waals surface area contributed by atoms with Crippen molar-refractivity contribution in [3.63, 3.8) is 0 Å². The van der Waals surface area contributed by atoms with E-state index in [1.165, 1.54) is 25.0 Å². The predicted octanol–water partition coefficient (Wildman–Crippen LogP) is 3.34. The number of benzene rings is 2. The van der Waals surface area contributed by atoms with E-state index in [4.69, 9.17) is 9.84 Å². The first-order chi connectivity index (χ1) is 12.5. The van der Waals surface area contributed by atoms with Crippen LogP contribution in [0, 0.1) is 12.8 Å². The number of aryl methyl sites for hydroxylation is 1. The molecule has 0 unspecified atom stereocenters. The van der Waals surface area contributed by atoms with Gasteiger partial charge >= 0.3 is 5.97 Å². The van der Waals surface area contributed by atoms with E-state index in [2.05, 4.69) is 5.32 Å². The molecule has 0 heterocycles. The van der Waals surface area contributed by atoms with E-state index in [-0.39, 0.29) is 17.9 Å². The first-order valence-corrected chi connectivity index (χ1v) is 8.82. The van der Waals surface area contributed by atoms with Crippen molar-refractivity contribution < 1.29 is 19.4 Å². The molecule has 2 aromatic carbocycles. The molecule has 26 heavy (non-hydrogen) atoms. The second kappa shape index (κ2) is 8.04. The molecule has 1 amide bonds. The molecule has 1 aliphatic carbocycles. The Balaban J connectivity index is 1.58. The number of amides is 1. The molecule has 1 saturated carbocycles. The lowest BCUT2D eigenvalue weighted by Gasteiger charge is -2.13. The van der Waals surface area contributed by atoms with Crippen molar-refractivity contribution in [1.82, 2.24) is 5.32 Å². The summed E-state index contributed by atoms with van der Waals surface area (Å²) in [6.07, 6.45) is 2.60. The molecule has 0 aliphatic heterocycles. The van der Waals surface area contributed by atoms with Gasteiger partial charge in [-0.15, -0.1) is 0 Å². The van der Waals surface area contributed by atoms with Gasteiger partial charge < -0.3 is 15.2 Å². The number of hydrogen-bond donors (Lipinski definition) is 2. The fraction of sp³-hybridized carbons (Fsp3) is 0.333. The predicted molar refractivity (Wildman–Crippen MR) is 98.4 cm³/mol. The van der Waals surface area contributed by atoms with Gasteiger partial charge in [-0.2, -0.15) is 0 Å².